The van der Waals surface area contributed by atoms with Gasteiger partial charge in [0.15, 0.2) is 0 Å². The summed E-state index contributed by atoms with van der Waals surface area (Å²) >= 11 is 7.28. The second-order valence-electron chi connectivity index (χ2n) is 4.78. The van der Waals surface area contributed by atoms with Crippen LogP contribution in [0.4, 0.5) is 0 Å². The number of pyridine rings is 2. The first-order chi connectivity index (χ1) is 11.2. The average molecular weight is 345 g/mol. The highest BCUT2D eigenvalue weighted by Gasteiger charge is 2.08. The van der Waals surface area contributed by atoms with E-state index < -0.39 is 0 Å². The molecule has 3 rings (SSSR count). The summed E-state index contributed by atoms with van der Waals surface area (Å²) in [6.07, 6.45) is 5.22. The van der Waals surface area contributed by atoms with Gasteiger partial charge in [0, 0.05) is 35.2 Å². The van der Waals surface area contributed by atoms with Gasteiger partial charge in [-0.25, -0.2) is 4.98 Å². The van der Waals surface area contributed by atoms with E-state index >= 15 is 0 Å². The van der Waals surface area contributed by atoms with Gasteiger partial charge < -0.3 is 5.32 Å². The monoisotopic (exact) mass is 344 g/mol. The van der Waals surface area contributed by atoms with Gasteiger partial charge in [-0.1, -0.05) is 11.6 Å². The molecule has 3 aromatic rings. The van der Waals surface area contributed by atoms with Crippen molar-refractivity contribution >= 4 is 28.8 Å². The van der Waals surface area contributed by atoms with E-state index in [4.69, 9.17) is 11.6 Å². The van der Waals surface area contributed by atoms with Crippen LogP contribution in [0.1, 0.15) is 10.7 Å². The number of hydrogen-bond acceptors (Lipinski definition) is 5. The lowest BCUT2D eigenvalue weighted by molar-refractivity contribution is -0.120. The molecule has 3 aromatic heterocycles. The molecule has 0 aliphatic heterocycles. The van der Waals surface area contributed by atoms with Gasteiger partial charge in [-0.2, -0.15) is 0 Å². The van der Waals surface area contributed by atoms with E-state index in [0.717, 1.165) is 16.3 Å². The number of halogens is 1. The van der Waals surface area contributed by atoms with Crippen LogP contribution in [0, 0.1) is 0 Å². The number of thiazole rings is 1. The maximum atomic E-state index is 11.9. The fraction of sp³-hybridized carbons (Fsp3) is 0.125. The second kappa shape index (κ2) is 7.30. The van der Waals surface area contributed by atoms with Crippen molar-refractivity contribution in [2.75, 3.05) is 0 Å². The molecule has 7 heteroatoms. The zero-order valence-electron chi connectivity index (χ0n) is 12.1. The minimum absolute atomic E-state index is 0.0968. The number of aromatic nitrogens is 3. The van der Waals surface area contributed by atoms with E-state index in [0.29, 0.717) is 17.3 Å². The van der Waals surface area contributed by atoms with Gasteiger partial charge in [-0.3, -0.25) is 14.8 Å². The van der Waals surface area contributed by atoms with Crippen LogP contribution in [-0.2, 0) is 17.8 Å². The standard InChI is InChI=1S/C16H13ClN4OS/c17-12-1-2-13(19-8-12)7-15(22)20-9-16-21-14(10-23-16)11-3-5-18-6-4-11/h1-6,8,10H,7,9H2,(H,20,22). The topological polar surface area (TPSA) is 67.8 Å². The molecule has 1 amide bonds. The number of rotatable bonds is 5. The van der Waals surface area contributed by atoms with Gasteiger partial charge in [-0.15, -0.1) is 11.3 Å². The molecule has 0 aliphatic carbocycles. The fourth-order valence-corrected chi connectivity index (χ4v) is 2.81. The summed E-state index contributed by atoms with van der Waals surface area (Å²) in [6.45, 7) is 0.405. The quantitative estimate of drug-likeness (QED) is 0.772. The molecular formula is C16H13ClN4OS. The molecule has 116 valence electrons. The highest BCUT2D eigenvalue weighted by atomic mass is 35.5. The van der Waals surface area contributed by atoms with E-state index in [9.17, 15) is 4.79 Å². The van der Waals surface area contributed by atoms with Gasteiger partial charge in [0.05, 0.1) is 23.7 Å². The van der Waals surface area contributed by atoms with Crippen LogP contribution in [0.2, 0.25) is 5.02 Å². The van der Waals surface area contributed by atoms with Gasteiger partial charge in [0.2, 0.25) is 5.91 Å². The molecule has 0 aromatic carbocycles. The van der Waals surface area contributed by atoms with Crippen LogP contribution < -0.4 is 5.32 Å². The number of carbonyl (C=O) groups is 1. The minimum atomic E-state index is -0.0968. The van der Waals surface area contributed by atoms with Crippen molar-refractivity contribution in [2.45, 2.75) is 13.0 Å². The number of nitrogens with zero attached hydrogens (tertiary/aromatic N) is 3. The highest BCUT2D eigenvalue weighted by Crippen LogP contribution is 2.20. The van der Waals surface area contributed by atoms with Crippen LogP contribution in [0.25, 0.3) is 11.3 Å². The summed E-state index contributed by atoms with van der Waals surface area (Å²) < 4.78 is 0. The molecule has 0 fully saturated rings. The molecule has 0 unspecified atom stereocenters. The third kappa shape index (κ3) is 4.34. The Morgan fingerprint density at radius 3 is 2.78 bits per heavy atom. The lowest BCUT2D eigenvalue weighted by atomic mass is 10.2. The maximum Gasteiger partial charge on any atom is 0.226 e. The average Bonchev–Trinajstić information content (AvgIpc) is 3.05. The van der Waals surface area contributed by atoms with E-state index in [1.165, 1.54) is 17.5 Å². The molecule has 5 nitrogen and oxygen atoms in total. The van der Waals surface area contributed by atoms with Gasteiger partial charge >= 0.3 is 0 Å². The van der Waals surface area contributed by atoms with Crippen molar-refractivity contribution in [3.05, 3.63) is 64.0 Å². The van der Waals surface area contributed by atoms with Gasteiger partial charge in [-0.05, 0) is 24.3 Å². The molecule has 1 N–H and O–H groups in total. The molecule has 23 heavy (non-hydrogen) atoms. The Labute approximate surface area is 142 Å². The Morgan fingerprint density at radius 2 is 2.04 bits per heavy atom. The third-order valence-corrected chi connectivity index (χ3v) is 4.17. The van der Waals surface area contributed by atoms with Crippen molar-refractivity contribution in [3.8, 4) is 11.3 Å². The zero-order chi connectivity index (χ0) is 16.1. The van der Waals surface area contributed by atoms with Gasteiger partial charge in [0.25, 0.3) is 0 Å². The van der Waals surface area contributed by atoms with Crippen molar-refractivity contribution < 1.29 is 4.79 Å². The van der Waals surface area contributed by atoms with E-state index in [1.807, 2.05) is 17.5 Å². The van der Waals surface area contributed by atoms with Crippen LogP contribution in [0.15, 0.2) is 48.2 Å². The summed E-state index contributed by atoms with van der Waals surface area (Å²) in [5.41, 5.74) is 2.59. The Kier molecular flexibility index (Phi) is 4.95. The number of hydrogen-bond donors (Lipinski definition) is 1. The molecular weight excluding hydrogens is 332 g/mol. The Hall–Kier alpha value is -2.31. The SMILES string of the molecule is O=C(Cc1ccc(Cl)cn1)NCc1nc(-c2ccncc2)cs1. The molecule has 0 atom stereocenters. The summed E-state index contributed by atoms with van der Waals surface area (Å²) in [6, 6.07) is 7.28. The highest BCUT2D eigenvalue weighted by molar-refractivity contribution is 7.09. The van der Waals surface area contributed by atoms with Crippen molar-refractivity contribution in [2.24, 2.45) is 0 Å². The van der Waals surface area contributed by atoms with Crippen LogP contribution in [-0.4, -0.2) is 20.9 Å². The van der Waals surface area contributed by atoms with Crippen molar-refractivity contribution in [3.63, 3.8) is 0 Å². The fourth-order valence-electron chi connectivity index (χ4n) is 1.96. The maximum absolute atomic E-state index is 11.9. The van der Waals surface area contributed by atoms with Crippen molar-refractivity contribution in [1.82, 2.24) is 20.3 Å². The lowest BCUT2D eigenvalue weighted by Crippen LogP contribution is -2.24. The van der Waals surface area contributed by atoms with Crippen LogP contribution in [0.3, 0.4) is 0 Å². The Bertz CT molecular complexity index is 789. The zero-order valence-corrected chi connectivity index (χ0v) is 13.6. The summed E-state index contributed by atoms with van der Waals surface area (Å²) in [5.74, 6) is -0.0968. The summed E-state index contributed by atoms with van der Waals surface area (Å²) in [4.78, 5) is 24.5. The predicted molar refractivity (Wildman–Crippen MR) is 90.1 cm³/mol. The summed E-state index contributed by atoms with van der Waals surface area (Å²) in [7, 11) is 0. The molecule has 0 saturated carbocycles. The number of carbonyl (C=O) groups excluding carboxylic acids is 1. The van der Waals surface area contributed by atoms with Gasteiger partial charge in [0.1, 0.15) is 5.01 Å². The first kappa shape index (κ1) is 15.6. The van der Waals surface area contributed by atoms with Crippen molar-refractivity contribution in [1.29, 1.82) is 0 Å². The summed E-state index contributed by atoms with van der Waals surface area (Å²) in [5, 5.41) is 6.23. The van der Waals surface area contributed by atoms with E-state index in [-0.39, 0.29) is 12.3 Å². The first-order valence-corrected chi connectivity index (χ1v) is 8.18. The van der Waals surface area contributed by atoms with Crippen LogP contribution >= 0.6 is 22.9 Å². The smallest absolute Gasteiger partial charge is 0.226 e. The Morgan fingerprint density at radius 1 is 1.22 bits per heavy atom. The third-order valence-electron chi connectivity index (χ3n) is 3.09. The molecule has 0 bridgehead atoms. The first-order valence-electron chi connectivity index (χ1n) is 6.92. The molecule has 0 saturated heterocycles. The van der Waals surface area contributed by atoms with E-state index in [1.54, 1.807) is 24.5 Å². The molecule has 0 radical (unpaired) electrons. The number of amides is 1. The largest absolute Gasteiger partial charge is 0.349 e. The number of nitrogens with one attached hydrogen (secondary N) is 1. The second-order valence-corrected chi connectivity index (χ2v) is 6.16. The Balaban J connectivity index is 1.55. The lowest BCUT2D eigenvalue weighted by Gasteiger charge is -2.03. The molecule has 0 aliphatic rings. The predicted octanol–water partition coefficient (Wildman–Crippen LogP) is 3.11. The molecule has 3 heterocycles. The van der Waals surface area contributed by atoms with Crippen LogP contribution in [0.5, 0.6) is 0 Å². The minimum Gasteiger partial charge on any atom is -0.349 e. The molecule has 0 spiro atoms. The normalized spacial score (nSPS) is 10.5. The van der Waals surface area contributed by atoms with E-state index in [2.05, 4.69) is 20.3 Å².